The van der Waals surface area contributed by atoms with Gasteiger partial charge in [-0.05, 0) is 58.1 Å². The number of carboxylic acids is 1. The van der Waals surface area contributed by atoms with Crippen molar-refractivity contribution in [3.8, 4) is 0 Å². The number of benzene rings is 4. The van der Waals surface area contributed by atoms with Crippen molar-refractivity contribution >= 4 is 43.2 Å². The number of hydrogen-bond acceptors (Lipinski definition) is 3. The minimum Gasteiger partial charge on any atom is -0.477 e. The Morgan fingerprint density at radius 1 is 0.853 bits per heavy atom. The second-order valence-corrected chi connectivity index (χ2v) is 9.85. The largest absolute Gasteiger partial charge is 0.477 e. The van der Waals surface area contributed by atoms with Gasteiger partial charge in [-0.1, -0.05) is 54.6 Å². The first-order valence-electron chi connectivity index (χ1n) is 10.4. The highest BCUT2D eigenvalue weighted by Crippen LogP contribution is 2.31. The molecule has 0 unspecified atom stereocenters. The third-order valence-corrected chi connectivity index (χ3v) is 7.60. The van der Waals surface area contributed by atoms with Gasteiger partial charge in [0.1, 0.15) is 5.69 Å². The first-order valence-corrected chi connectivity index (χ1v) is 11.9. The summed E-state index contributed by atoms with van der Waals surface area (Å²) in [5.74, 6) is -1.10. The monoisotopic (exact) mass is 466 g/mol. The summed E-state index contributed by atoms with van der Waals surface area (Å²) in [6.45, 7) is 7.45. The van der Waals surface area contributed by atoms with Gasteiger partial charge in [-0.15, -0.1) is 0 Å². The van der Waals surface area contributed by atoms with E-state index in [9.17, 15) is 18.3 Å². The zero-order valence-electron chi connectivity index (χ0n) is 17.8. The van der Waals surface area contributed by atoms with Crippen molar-refractivity contribution in [2.24, 2.45) is 0 Å². The molecule has 0 saturated heterocycles. The highest BCUT2D eigenvalue weighted by molar-refractivity contribution is 7.91. The molecule has 1 aromatic heterocycles. The normalized spacial score (nSPS) is 11.5. The zero-order chi connectivity index (χ0) is 23.9. The van der Waals surface area contributed by atoms with E-state index in [0.717, 1.165) is 10.8 Å². The quantitative estimate of drug-likeness (QED) is 0.326. The molecule has 0 bridgehead atoms. The van der Waals surface area contributed by atoms with Crippen LogP contribution < -0.4 is 0 Å². The molecule has 1 N–H and O–H groups in total. The molecular weight excluding hydrogens is 448 g/mol. The fourth-order valence-corrected chi connectivity index (χ4v) is 5.58. The molecule has 6 nitrogen and oxygen atoms in total. The topological polar surface area (TPSA) is 80.7 Å². The van der Waals surface area contributed by atoms with Crippen LogP contribution in [0, 0.1) is 6.57 Å². The number of aromatic carboxylic acids is 1. The van der Waals surface area contributed by atoms with Gasteiger partial charge in [0, 0.05) is 12.1 Å². The Kier molecular flexibility index (Phi) is 5.16. The van der Waals surface area contributed by atoms with Crippen LogP contribution in [0.1, 0.15) is 16.1 Å². The van der Waals surface area contributed by atoms with Crippen molar-refractivity contribution in [2.45, 2.75) is 16.3 Å². The molecule has 0 aliphatic carbocycles. The molecule has 1 heterocycles. The Morgan fingerprint density at radius 2 is 1.59 bits per heavy atom. The first-order chi connectivity index (χ1) is 16.4. The summed E-state index contributed by atoms with van der Waals surface area (Å²) in [5.41, 5.74) is 1.73. The molecule has 0 fully saturated rings. The highest BCUT2D eigenvalue weighted by Gasteiger charge is 2.21. The van der Waals surface area contributed by atoms with Crippen LogP contribution in [0.3, 0.4) is 0 Å². The summed E-state index contributed by atoms with van der Waals surface area (Å²) in [7, 11) is -3.78. The van der Waals surface area contributed by atoms with E-state index in [2.05, 4.69) is 4.85 Å². The predicted molar refractivity (Wildman–Crippen MR) is 130 cm³/mol. The van der Waals surface area contributed by atoms with Crippen molar-refractivity contribution in [1.29, 1.82) is 0 Å². The summed E-state index contributed by atoms with van der Waals surface area (Å²) in [6, 6.07) is 25.5. The third kappa shape index (κ3) is 3.60. The molecule has 34 heavy (non-hydrogen) atoms. The number of nitrogens with zero attached hydrogens (tertiary/aromatic N) is 2. The fraction of sp³-hybridized carbons (Fsp3) is 0.0370. The lowest BCUT2D eigenvalue weighted by Gasteiger charge is -2.14. The second kappa shape index (κ2) is 8.18. The van der Waals surface area contributed by atoms with Gasteiger partial charge in [0.25, 0.3) is 0 Å². The van der Waals surface area contributed by atoms with Gasteiger partial charge in [0.2, 0.25) is 9.84 Å². The summed E-state index contributed by atoms with van der Waals surface area (Å²) >= 11 is 0. The van der Waals surface area contributed by atoms with Crippen LogP contribution in [0.2, 0.25) is 0 Å². The second-order valence-electron chi connectivity index (χ2n) is 7.90. The van der Waals surface area contributed by atoms with Crippen LogP contribution in [0.25, 0.3) is 26.5 Å². The van der Waals surface area contributed by atoms with Gasteiger partial charge in [-0.2, -0.15) is 0 Å². The molecule has 4 aromatic carbocycles. The van der Waals surface area contributed by atoms with E-state index in [4.69, 9.17) is 6.57 Å². The van der Waals surface area contributed by atoms with Gasteiger partial charge >= 0.3 is 5.97 Å². The maximum Gasteiger partial charge on any atom is 0.352 e. The van der Waals surface area contributed by atoms with E-state index in [1.807, 2.05) is 24.3 Å². The van der Waals surface area contributed by atoms with Gasteiger partial charge in [-0.3, -0.25) is 0 Å². The SMILES string of the molecule is [C-]#[N+]c1ccc2cc(C(=O)O)n(Cc3cc(S(=O)(=O)c4ccccc4)cc4ccccc34)c2c1. The third-order valence-electron chi connectivity index (χ3n) is 5.85. The van der Waals surface area contributed by atoms with Crippen molar-refractivity contribution in [3.05, 3.63) is 114 Å². The molecule has 7 heteroatoms. The average molecular weight is 467 g/mol. The van der Waals surface area contributed by atoms with Crippen molar-refractivity contribution in [3.63, 3.8) is 0 Å². The molecule has 0 amide bonds. The van der Waals surface area contributed by atoms with Crippen LogP contribution in [-0.2, 0) is 16.4 Å². The Morgan fingerprint density at radius 3 is 2.32 bits per heavy atom. The standard InChI is InChI=1S/C27H18N2O4S/c1-28-21-12-11-19-15-26(27(30)31)29(25(19)16-21)17-20-14-23(13-18-7-5-6-10-24(18)20)34(32,33)22-8-3-2-4-9-22/h2-16H,17H2,(H,30,31). The van der Waals surface area contributed by atoms with Crippen LogP contribution in [-0.4, -0.2) is 24.1 Å². The van der Waals surface area contributed by atoms with Crippen LogP contribution in [0.5, 0.6) is 0 Å². The molecule has 5 rings (SSSR count). The minimum absolute atomic E-state index is 0.0672. The maximum atomic E-state index is 13.4. The van der Waals surface area contributed by atoms with E-state index >= 15 is 0 Å². The number of hydrogen-bond donors (Lipinski definition) is 1. The molecule has 0 aliphatic heterocycles. The summed E-state index contributed by atoms with van der Waals surface area (Å²) in [4.78, 5) is 15.8. The average Bonchev–Trinajstić information content (AvgIpc) is 3.22. The Bertz CT molecular complexity index is 1730. The molecule has 0 saturated carbocycles. The minimum atomic E-state index is -3.78. The van der Waals surface area contributed by atoms with E-state index in [0.29, 0.717) is 22.2 Å². The van der Waals surface area contributed by atoms with Crippen molar-refractivity contribution < 1.29 is 18.3 Å². The number of aromatic nitrogens is 1. The van der Waals surface area contributed by atoms with Gasteiger partial charge in [0.15, 0.2) is 5.69 Å². The van der Waals surface area contributed by atoms with Gasteiger partial charge in [-0.25, -0.2) is 18.1 Å². The lowest BCUT2D eigenvalue weighted by molar-refractivity contribution is 0.0686. The summed E-state index contributed by atoms with van der Waals surface area (Å²) in [6.07, 6.45) is 0. The van der Waals surface area contributed by atoms with E-state index in [1.165, 1.54) is 0 Å². The van der Waals surface area contributed by atoms with Crippen molar-refractivity contribution in [2.75, 3.05) is 0 Å². The highest BCUT2D eigenvalue weighted by atomic mass is 32.2. The van der Waals surface area contributed by atoms with Crippen LogP contribution in [0.15, 0.2) is 101 Å². The van der Waals surface area contributed by atoms with E-state index in [1.54, 1.807) is 71.3 Å². The maximum absolute atomic E-state index is 13.4. The Hall–Kier alpha value is -4.41. The zero-order valence-corrected chi connectivity index (χ0v) is 18.7. The molecule has 166 valence electrons. The lowest BCUT2D eigenvalue weighted by atomic mass is 10.0. The number of fused-ring (bicyclic) bond motifs is 2. The number of carbonyl (C=O) groups is 1. The lowest BCUT2D eigenvalue weighted by Crippen LogP contribution is -2.10. The molecule has 5 aromatic rings. The first kappa shape index (κ1) is 21.4. The smallest absolute Gasteiger partial charge is 0.352 e. The Labute approximate surface area is 196 Å². The predicted octanol–water partition coefficient (Wildman–Crippen LogP) is 5.92. The number of rotatable bonds is 5. The summed E-state index contributed by atoms with van der Waals surface area (Å²) in [5, 5.41) is 12.1. The van der Waals surface area contributed by atoms with Crippen molar-refractivity contribution in [1.82, 2.24) is 4.57 Å². The molecular formula is C27H18N2O4S. The molecule has 0 atom stereocenters. The molecule has 0 spiro atoms. The Balaban J connectivity index is 1.74. The van der Waals surface area contributed by atoms with Gasteiger partial charge in [0.05, 0.1) is 16.4 Å². The molecule has 0 radical (unpaired) electrons. The number of carboxylic acid groups (broad SMARTS) is 1. The van der Waals surface area contributed by atoms with E-state index in [-0.39, 0.29) is 22.0 Å². The van der Waals surface area contributed by atoms with E-state index < -0.39 is 15.8 Å². The van der Waals surface area contributed by atoms with Gasteiger partial charge < -0.3 is 9.67 Å². The fourth-order valence-electron chi connectivity index (χ4n) is 4.21. The summed E-state index contributed by atoms with van der Waals surface area (Å²) < 4.78 is 28.4. The van der Waals surface area contributed by atoms with Crippen LogP contribution in [0.4, 0.5) is 5.69 Å². The molecule has 0 aliphatic rings. The number of sulfone groups is 1. The van der Waals surface area contributed by atoms with Crippen LogP contribution >= 0.6 is 0 Å².